The first-order valence-electron chi connectivity index (χ1n) is 6.13. The molecule has 0 bridgehead atoms. The normalized spacial score (nSPS) is 13.2. The summed E-state index contributed by atoms with van der Waals surface area (Å²) < 4.78 is 116. The Morgan fingerprint density at radius 3 is 1.67 bits per heavy atom. The van der Waals surface area contributed by atoms with Crippen molar-refractivity contribution < 1.29 is 39.5 Å². The molecule has 0 saturated carbocycles. The van der Waals surface area contributed by atoms with Crippen molar-refractivity contribution in [3.05, 3.63) is 53.3 Å². The van der Waals surface area contributed by atoms with Crippen LogP contribution in [0.5, 0.6) is 0 Å². The van der Waals surface area contributed by atoms with Gasteiger partial charge in [-0.15, -0.1) is 0 Å². The molecule has 0 spiro atoms. The molecule has 0 aliphatic rings. The smallest absolute Gasteiger partial charge is 0.251 e. The Morgan fingerprint density at radius 1 is 0.625 bits per heavy atom. The molecule has 0 radical (unpaired) electrons. The van der Waals surface area contributed by atoms with Crippen molar-refractivity contribution in [3.63, 3.8) is 0 Å². The fraction of sp³-hybridized carbons (Fsp3) is 0.214. The van der Waals surface area contributed by atoms with Gasteiger partial charge in [0.1, 0.15) is 5.69 Å². The maximum absolute atomic E-state index is 13.0. The standard InChI is InChI=1S/C14H6F9N/c15-12(16,17)9-4-2-1-3-7(9)8-5-11(14(21,22)23)24-6-10(8)13(18,19)20/h1-6H. The van der Waals surface area contributed by atoms with Crippen LogP contribution in [0, 0.1) is 0 Å². The number of alkyl halides is 9. The van der Waals surface area contributed by atoms with Gasteiger partial charge < -0.3 is 0 Å². The molecule has 0 saturated heterocycles. The average molecular weight is 359 g/mol. The van der Waals surface area contributed by atoms with Crippen LogP contribution in [0.2, 0.25) is 0 Å². The Bertz CT molecular complexity index is 741. The number of hydrogen-bond acceptors (Lipinski definition) is 1. The van der Waals surface area contributed by atoms with Crippen LogP contribution in [0.4, 0.5) is 39.5 Å². The van der Waals surface area contributed by atoms with Gasteiger partial charge in [-0.25, -0.2) is 0 Å². The van der Waals surface area contributed by atoms with Crippen LogP contribution in [0.3, 0.4) is 0 Å². The first kappa shape index (κ1) is 18.1. The van der Waals surface area contributed by atoms with Gasteiger partial charge in [0.25, 0.3) is 0 Å². The third-order valence-corrected chi connectivity index (χ3v) is 3.02. The van der Waals surface area contributed by atoms with Gasteiger partial charge in [0, 0.05) is 6.20 Å². The van der Waals surface area contributed by atoms with Gasteiger partial charge in [0.15, 0.2) is 0 Å². The van der Waals surface area contributed by atoms with Gasteiger partial charge in [-0.1, -0.05) is 18.2 Å². The van der Waals surface area contributed by atoms with E-state index >= 15 is 0 Å². The van der Waals surface area contributed by atoms with Crippen LogP contribution in [-0.4, -0.2) is 4.98 Å². The molecule has 2 rings (SSSR count). The zero-order chi connectivity index (χ0) is 18.3. The van der Waals surface area contributed by atoms with Crippen LogP contribution in [-0.2, 0) is 18.5 Å². The highest BCUT2D eigenvalue weighted by molar-refractivity contribution is 5.72. The van der Waals surface area contributed by atoms with E-state index in [0.717, 1.165) is 12.1 Å². The van der Waals surface area contributed by atoms with Gasteiger partial charge >= 0.3 is 18.5 Å². The first-order chi connectivity index (χ1) is 10.8. The van der Waals surface area contributed by atoms with Gasteiger partial charge in [-0.2, -0.15) is 39.5 Å². The minimum Gasteiger partial charge on any atom is -0.251 e. The van der Waals surface area contributed by atoms with E-state index in [1.165, 1.54) is 0 Å². The third-order valence-electron chi connectivity index (χ3n) is 3.02. The second-order valence-electron chi connectivity index (χ2n) is 4.65. The Labute approximate surface area is 128 Å². The quantitative estimate of drug-likeness (QED) is 0.586. The molecule has 10 heteroatoms. The molecule has 0 aliphatic heterocycles. The van der Waals surface area contributed by atoms with Crippen LogP contribution in [0.25, 0.3) is 11.1 Å². The van der Waals surface area contributed by atoms with Crippen molar-refractivity contribution in [3.8, 4) is 11.1 Å². The van der Waals surface area contributed by atoms with Crippen LogP contribution >= 0.6 is 0 Å². The zero-order valence-corrected chi connectivity index (χ0v) is 11.3. The predicted molar refractivity (Wildman–Crippen MR) is 64.7 cm³/mol. The molecule has 1 aromatic carbocycles. The number of halogens is 9. The van der Waals surface area contributed by atoms with Crippen LogP contribution in [0.15, 0.2) is 36.5 Å². The lowest BCUT2D eigenvalue weighted by Crippen LogP contribution is -2.15. The number of pyridine rings is 1. The zero-order valence-electron chi connectivity index (χ0n) is 11.3. The van der Waals surface area contributed by atoms with Crippen molar-refractivity contribution in [1.82, 2.24) is 4.98 Å². The van der Waals surface area contributed by atoms with E-state index < -0.39 is 46.5 Å². The maximum atomic E-state index is 13.0. The third kappa shape index (κ3) is 3.62. The fourth-order valence-electron chi connectivity index (χ4n) is 2.02. The van der Waals surface area contributed by atoms with E-state index in [0.29, 0.717) is 12.1 Å². The summed E-state index contributed by atoms with van der Waals surface area (Å²) in [6.45, 7) is 0. The number of rotatable bonds is 1. The van der Waals surface area contributed by atoms with E-state index in [-0.39, 0.29) is 12.3 Å². The van der Waals surface area contributed by atoms with Gasteiger partial charge in [-0.05, 0) is 23.3 Å². The Morgan fingerprint density at radius 2 is 1.17 bits per heavy atom. The minimum absolute atomic E-state index is 0.0343. The molecule has 0 amide bonds. The molecule has 1 nitrogen and oxygen atoms in total. The van der Waals surface area contributed by atoms with E-state index in [9.17, 15) is 39.5 Å². The van der Waals surface area contributed by atoms with E-state index in [1.807, 2.05) is 0 Å². The Balaban J connectivity index is 2.82. The number of hydrogen-bond donors (Lipinski definition) is 0. The first-order valence-corrected chi connectivity index (χ1v) is 6.13. The number of benzene rings is 1. The summed E-state index contributed by atoms with van der Waals surface area (Å²) in [6, 6.07) is 3.05. The molecular weight excluding hydrogens is 353 g/mol. The van der Waals surface area contributed by atoms with E-state index in [2.05, 4.69) is 4.98 Å². The second-order valence-corrected chi connectivity index (χ2v) is 4.65. The number of aromatic nitrogens is 1. The molecule has 24 heavy (non-hydrogen) atoms. The molecular formula is C14H6F9N. The molecule has 0 fully saturated rings. The van der Waals surface area contributed by atoms with Gasteiger partial charge in [0.05, 0.1) is 11.1 Å². The topological polar surface area (TPSA) is 12.9 Å². The Hall–Kier alpha value is -2.26. The van der Waals surface area contributed by atoms with Crippen molar-refractivity contribution in [1.29, 1.82) is 0 Å². The molecule has 0 N–H and O–H groups in total. The highest BCUT2D eigenvalue weighted by atomic mass is 19.4. The maximum Gasteiger partial charge on any atom is 0.433 e. The highest BCUT2D eigenvalue weighted by Crippen LogP contribution is 2.43. The number of nitrogens with zero attached hydrogens (tertiary/aromatic N) is 1. The van der Waals surface area contributed by atoms with Crippen molar-refractivity contribution in [2.24, 2.45) is 0 Å². The van der Waals surface area contributed by atoms with Gasteiger partial charge in [-0.3, -0.25) is 4.98 Å². The summed E-state index contributed by atoms with van der Waals surface area (Å²) in [5.74, 6) is 0. The van der Waals surface area contributed by atoms with E-state index in [4.69, 9.17) is 0 Å². The summed E-state index contributed by atoms with van der Waals surface area (Å²) in [4.78, 5) is 2.67. The molecule has 130 valence electrons. The summed E-state index contributed by atoms with van der Waals surface area (Å²) >= 11 is 0. The Kier molecular flexibility index (Phi) is 4.28. The summed E-state index contributed by atoms with van der Waals surface area (Å²) in [6.07, 6.45) is -15.4. The predicted octanol–water partition coefficient (Wildman–Crippen LogP) is 5.81. The van der Waals surface area contributed by atoms with Crippen molar-refractivity contribution in [2.75, 3.05) is 0 Å². The van der Waals surface area contributed by atoms with E-state index in [1.54, 1.807) is 0 Å². The van der Waals surface area contributed by atoms with Crippen LogP contribution in [0.1, 0.15) is 16.8 Å². The van der Waals surface area contributed by atoms with Crippen molar-refractivity contribution in [2.45, 2.75) is 18.5 Å². The molecule has 1 heterocycles. The lowest BCUT2D eigenvalue weighted by atomic mass is 9.95. The summed E-state index contributed by atoms with van der Waals surface area (Å²) in [7, 11) is 0. The lowest BCUT2D eigenvalue weighted by molar-refractivity contribution is -0.144. The van der Waals surface area contributed by atoms with Gasteiger partial charge in [0.2, 0.25) is 0 Å². The molecule has 1 aromatic heterocycles. The van der Waals surface area contributed by atoms with Crippen LogP contribution < -0.4 is 0 Å². The monoisotopic (exact) mass is 359 g/mol. The minimum atomic E-state index is -5.18. The summed E-state index contributed by atoms with van der Waals surface area (Å²) in [5.41, 5.74) is -7.13. The molecule has 2 aromatic rings. The molecule has 0 aliphatic carbocycles. The average Bonchev–Trinajstić information content (AvgIpc) is 2.44. The SMILES string of the molecule is FC(F)(F)c1cc(-c2ccccc2C(F)(F)F)c(C(F)(F)F)cn1. The highest BCUT2D eigenvalue weighted by Gasteiger charge is 2.41. The molecule has 0 unspecified atom stereocenters. The van der Waals surface area contributed by atoms with Crippen molar-refractivity contribution >= 4 is 0 Å². The summed E-state index contributed by atoms with van der Waals surface area (Å²) in [5, 5.41) is 0. The second kappa shape index (κ2) is 5.67. The molecule has 0 atom stereocenters. The largest absolute Gasteiger partial charge is 0.433 e. The lowest BCUT2D eigenvalue weighted by Gasteiger charge is -2.18. The fourth-order valence-corrected chi connectivity index (χ4v) is 2.02.